The van der Waals surface area contributed by atoms with Crippen LogP contribution in [0.15, 0.2) is 0 Å². The van der Waals surface area contributed by atoms with E-state index in [0.717, 1.165) is 12.8 Å². The number of hydrazine groups is 1. The molecule has 1 saturated carbocycles. The zero-order chi connectivity index (χ0) is 16.5. The van der Waals surface area contributed by atoms with E-state index in [1.165, 1.54) is 0 Å². The number of hydrogen-bond donors (Lipinski definition) is 6. The van der Waals surface area contributed by atoms with E-state index in [0.29, 0.717) is 12.8 Å². The van der Waals surface area contributed by atoms with Crippen LogP contribution in [0.2, 0.25) is 0 Å². The molecule has 1 atom stereocenters. The first kappa shape index (κ1) is 17.5. The van der Waals surface area contributed by atoms with Gasteiger partial charge in [0, 0.05) is 12.5 Å². The van der Waals surface area contributed by atoms with Crippen molar-refractivity contribution in [1.82, 2.24) is 21.5 Å². The van der Waals surface area contributed by atoms with E-state index in [-0.39, 0.29) is 24.8 Å². The predicted octanol–water partition coefficient (Wildman–Crippen LogP) is -0.382. The Labute approximate surface area is 126 Å². The van der Waals surface area contributed by atoms with Crippen molar-refractivity contribution in [1.29, 1.82) is 0 Å². The molecule has 0 bridgehead atoms. The van der Waals surface area contributed by atoms with Gasteiger partial charge < -0.3 is 20.8 Å². The molecule has 1 rings (SSSR count). The standard InChI is InChI=1S/C12H20N4O6/c17-9(7-4-5-7)15-16-10(18)8(14-12(21)22)3-1-2-6-13-11(19)20/h7-8,13-14H,1-6H2,(H,15,17)(H,16,18)(H,19,20)(H,21,22). The zero-order valence-electron chi connectivity index (χ0n) is 11.9. The smallest absolute Gasteiger partial charge is 0.405 e. The first-order valence-electron chi connectivity index (χ1n) is 6.96. The fourth-order valence-electron chi connectivity index (χ4n) is 1.74. The van der Waals surface area contributed by atoms with Gasteiger partial charge in [-0.1, -0.05) is 0 Å². The number of carbonyl (C=O) groups is 4. The van der Waals surface area contributed by atoms with Crippen LogP contribution in [-0.4, -0.2) is 46.8 Å². The number of carboxylic acid groups (broad SMARTS) is 2. The molecule has 1 unspecified atom stereocenters. The third kappa shape index (κ3) is 7.31. The average molecular weight is 316 g/mol. The summed E-state index contributed by atoms with van der Waals surface area (Å²) < 4.78 is 0. The van der Waals surface area contributed by atoms with Crippen molar-refractivity contribution in [3.63, 3.8) is 0 Å². The van der Waals surface area contributed by atoms with Crippen LogP contribution in [0.5, 0.6) is 0 Å². The van der Waals surface area contributed by atoms with Gasteiger partial charge in [0.2, 0.25) is 5.91 Å². The van der Waals surface area contributed by atoms with E-state index in [4.69, 9.17) is 10.2 Å². The number of unbranched alkanes of at least 4 members (excludes halogenated alkanes) is 1. The molecule has 0 radical (unpaired) electrons. The molecule has 1 aliphatic rings. The predicted molar refractivity (Wildman–Crippen MR) is 73.8 cm³/mol. The maximum absolute atomic E-state index is 11.8. The van der Waals surface area contributed by atoms with Crippen molar-refractivity contribution in [2.45, 2.75) is 38.1 Å². The summed E-state index contributed by atoms with van der Waals surface area (Å²) in [4.78, 5) is 44.2. The van der Waals surface area contributed by atoms with Crippen molar-refractivity contribution in [2.24, 2.45) is 5.92 Å². The lowest BCUT2D eigenvalue weighted by atomic mass is 10.1. The molecule has 0 spiro atoms. The highest BCUT2D eigenvalue weighted by atomic mass is 16.4. The molecule has 22 heavy (non-hydrogen) atoms. The average Bonchev–Trinajstić information content (AvgIpc) is 3.26. The van der Waals surface area contributed by atoms with E-state index in [2.05, 4.69) is 21.5 Å². The molecule has 0 aromatic rings. The normalized spacial score (nSPS) is 14.5. The summed E-state index contributed by atoms with van der Waals surface area (Å²) in [5.74, 6) is -1.01. The van der Waals surface area contributed by atoms with Crippen LogP contribution in [0, 0.1) is 5.92 Å². The summed E-state index contributed by atoms with van der Waals surface area (Å²) in [5, 5.41) is 21.3. The Bertz CT molecular complexity index is 437. The Kier molecular flexibility index (Phi) is 6.93. The van der Waals surface area contributed by atoms with Crippen molar-refractivity contribution in [3.05, 3.63) is 0 Å². The topological polar surface area (TPSA) is 157 Å². The first-order chi connectivity index (χ1) is 10.4. The van der Waals surface area contributed by atoms with Gasteiger partial charge in [0.15, 0.2) is 0 Å². The monoisotopic (exact) mass is 316 g/mol. The Hall–Kier alpha value is -2.52. The fourth-order valence-corrected chi connectivity index (χ4v) is 1.74. The van der Waals surface area contributed by atoms with Crippen LogP contribution in [0.4, 0.5) is 9.59 Å². The lowest BCUT2D eigenvalue weighted by Crippen LogP contribution is -2.52. The van der Waals surface area contributed by atoms with Crippen LogP contribution in [0.3, 0.4) is 0 Å². The highest BCUT2D eigenvalue weighted by Crippen LogP contribution is 2.28. The molecule has 1 aliphatic carbocycles. The van der Waals surface area contributed by atoms with Gasteiger partial charge >= 0.3 is 12.2 Å². The molecular formula is C12H20N4O6. The van der Waals surface area contributed by atoms with E-state index < -0.39 is 24.1 Å². The highest BCUT2D eigenvalue weighted by molar-refractivity contribution is 5.88. The molecule has 0 aromatic heterocycles. The molecule has 10 nitrogen and oxygen atoms in total. The highest BCUT2D eigenvalue weighted by Gasteiger charge is 2.30. The number of carbonyl (C=O) groups excluding carboxylic acids is 2. The molecule has 6 N–H and O–H groups in total. The number of amides is 4. The maximum atomic E-state index is 11.8. The quantitative estimate of drug-likeness (QED) is 0.265. The SMILES string of the molecule is O=C(O)NCCCCC(NC(=O)O)C(=O)NNC(=O)C1CC1. The van der Waals surface area contributed by atoms with Crippen molar-refractivity contribution < 1.29 is 29.4 Å². The second-order valence-corrected chi connectivity index (χ2v) is 4.98. The molecule has 1 fully saturated rings. The Morgan fingerprint density at radius 1 is 1.00 bits per heavy atom. The van der Waals surface area contributed by atoms with Crippen LogP contribution in [0.1, 0.15) is 32.1 Å². The first-order valence-corrected chi connectivity index (χ1v) is 6.96. The fraction of sp³-hybridized carbons (Fsp3) is 0.667. The molecule has 10 heteroatoms. The van der Waals surface area contributed by atoms with Gasteiger partial charge in [-0.2, -0.15) is 0 Å². The Morgan fingerprint density at radius 2 is 1.68 bits per heavy atom. The summed E-state index contributed by atoms with van der Waals surface area (Å²) >= 11 is 0. The minimum Gasteiger partial charge on any atom is -0.465 e. The van der Waals surface area contributed by atoms with E-state index in [1.807, 2.05) is 0 Å². The molecule has 0 aromatic carbocycles. The van der Waals surface area contributed by atoms with Gasteiger partial charge in [0.05, 0.1) is 0 Å². The summed E-state index contributed by atoms with van der Waals surface area (Å²) in [7, 11) is 0. The molecule has 0 saturated heterocycles. The third-order valence-corrected chi connectivity index (χ3v) is 3.07. The zero-order valence-corrected chi connectivity index (χ0v) is 11.9. The molecular weight excluding hydrogens is 296 g/mol. The molecule has 0 heterocycles. The number of rotatable bonds is 8. The maximum Gasteiger partial charge on any atom is 0.405 e. The lowest BCUT2D eigenvalue weighted by molar-refractivity contribution is -0.130. The van der Waals surface area contributed by atoms with Crippen molar-refractivity contribution in [3.8, 4) is 0 Å². The summed E-state index contributed by atoms with van der Waals surface area (Å²) in [5.41, 5.74) is 4.45. The number of hydrogen-bond acceptors (Lipinski definition) is 4. The second-order valence-electron chi connectivity index (χ2n) is 4.98. The minimum absolute atomic E-state index is 0.0757. The van der Waals surface area contributed by atoms with Gasteiger partial charge in [0.25, 0.3) is 5.91 Å². The Morgan fingerprint density at radius 3 is 2.23 bits per heavy atom. The van der Waals surface area contributed by atoms with Gasteiger partial charge in [-0.3, -0.25) is 20.4 Å². The van der Waals surface area contributed by atoms with Gasteiger partial charge in [-0.05, 0) is 32.1 Å². The van der Waals surface area contributed by atoms with Crippen molar-refractivity contribution >= 4 is 24.0 Å². The molecule has 124 valence electrons. The van der Waals surface area contributed by atoms with Crippen LogP contribution >= 0.6 is 0 Å². The largest absolute Gasteiger partial charge is 0.465 e. The van der Waals surface area contributed by atoms with Crippen LogP contribution < -0.4 is 21.5 Å². The summed E-state index contributed by atoms with van der Waals surface area (Å²) in [6.07, 6.45) is 0.183. The van der Waals surface area contributed by atoms with Crippen LogP contribution in [0.25, 0.3) is 0 Å². The van der Waals surface area contributed by atoms with Crippen LogP contribution in [-0.2, 0) is 9.59 Å². The summed E-state index contributed by atoms with van der Waals surface area (Å²) in [6, 6.07) is -1.01. The second kappa shape index (κ2) is 8.70. The Balaban J connectivity index is 2.30. The van der Waals surface area contributed by atoms with Gasteiger partial charge in [-0.25, -0.2) is 9.59 Å². The van der Waals surface area contributed by atoms with E-state index >= 15 is 0 Å². The number of nitrogens with one attached hydrogen (secondary N) is 4. The van der Waals surface area contributed by atoms with E-state index in [1.54, 1.807) is 0 Å². The molecule has 4 amide bonds. The van der Waals surface area contributed by atoms with Crippen molar-refractivity contribution in [2.75, 3.05) is 6.54 Å². The van der Waals surface area contributed by atoms with Gasteiger partial charge in [-0.15, -0.1) is 0 Å². The summed E-state index contributed by atoms with van der Waals surface area (Å²) in [6.45, 7) is 0.217. The lowest BCUT2D eigenvalue weighted by Gasteiger charge is -2.17. The van der Waals surface area contributed by atoms with E-state index in [9.17, 15) is 19.2 Å². The minimum atomic E-state index is -1.35. The molecule has 0 aliphatic heterocycles. The third-order valence-electron chi connectivity index (χ3n) is 3.07. The van der Waals surface area contributed by atoms with Gasteiger partial charge in [0.1, 0.15) is 6.04 Å².